The van der Waals surface area contributed by atoms with Crippen molar-refractivity contribution in [3.63, 3.8) is 0 Å². The van der Waals surface area contributed by atoms with Gasteiger partial charge in [0.15, 0.2) is 0 Å². The van der Waals surface area contributed by atoms with Crippen molar-refractivity contribution in [3.05, 3.63) is 19.1 Å². The second kappa shape index (κ2) is 18.3. The van der Waals surface area contributed by atoms with Crippen molar-refractivity contribution in [3.8, 4) is 0 Å². The molecule has 0 rings (SSSR count). The molecule has 0 aliphatic carbocycles. The lowest BCUT2D eigenvalue weighted by Gasteiger charge is -2.04. The molecule has 2 nitrogen and oxygen atoms in total. The Morgan fingerprint density at radius 2 is 1.27 bits per heavy atom. The predicted molar refractivity (Wildman–Crippen MR) is 97.8 cm³/mol. The molecule has 0 aromatic heterocycles. The minimum absolute atomic E-state index is 0.258. The summed E-state index contributed by atoms with van der Waals surface area (Å²) in [6, 6.07) is 0. The summed E-state index contributed by atoms with van der Waals surface area (Å²) in [7, 11) is 0. The van der Waals surface area contributed by atoms with Gasteiger partial charge >= 0.3 is 5.97 Å². The molecule has 0 aliphatic heterocycles. The Kier molecular flexibility index (Phi) is 19.5. The van der Waals surface area contributed by atoms with Gasteiger partial charge in [0.1, 0.15) is 0 Å². The first kappa shape index (κ1) is 23.5. The molecule has 131 valence electrons. The van der Waals surface area contributed by atoms with Crippen LogP contribution in [0, 0.1) is 12.8 Å². The summed E-state index contributed by atoms with van der Waals surface area (Å²) >= 11 is 0. The maximum absolute atomic E-state index is 11.1. The molecule has 0 saturated carbocycles. The standard InChI is InChI=1S/C16H30O2.C4H9/c1-4-5-6-7-8-9-10-11-12-13-14-18-16(17)15(2)3;1-4(2)3/h2,4-14H2,1,3H3;4H,1H2,2-3H3. The molecule has 0 saturated heterocycles. The van der Waals surface area contributed by atoms with E-state index in [1.807, 2.05) is 0 Å². The number of hydrogen-bond acceptors (Lipinski definition) is 2. The van der Waals surface area contributed by atoms with Gasteiger partial charge in [0.05, 0.1) is 6.61 Å². The highest BCUT2D eigenvalue weighted by molar-refractivity contribution is 5.86. The third-order valence-corrected chi connectivity index (χ3v) is 3.08. The quantitative estimate of drug-likeness (QED) is 0.233. The Morgan fingerprint density at radius 3 is 1.64 bits per heavy atom. The monoisotopic (exact) mass is 311 g/mol. The molecule has 22 heavy (non-hydrogen) atoms. The van der Waals surface area contributed by atoms with Gasteiger partial charge < -0.3 is 4.74 Å². The molecule has 0 heterocycles. The SMILES string of the molecule is C=C(C)C(=O)OCCCCCCCCCCCC.[CH2]C(C)C. The van der Waals surface area contributed by atoms with Crippen LogP contribution in [0.15, 0.2) is 12.2 Å². The van der Waals surface area contributed by atoms with E-state index in [9.17, 15) is 4.79 Å². The van der Waals surface area contributed by atoms with Gasteiger partial charge in [0.2, 0.25) is 0 Å². The number of rotatable bonds is 12. The number of hydrogen-bond donors (Lipinski definition) is 0. The van der Waals surface area contributed by atoms with E-state index in [-0.39, 0.29) is 5.97 Å². The van der Waals surface area contributed by atoms with E-state index in [0.717, 1.165) is 6.42 Å². The molecule has 1 radical (unpaired) electrons. The average molecular weight is 312 g/mol. The summed E-state index contributed by atoms with van der Waals surface area (Å²) in [4.78, 5) is 11.1. The molecule has 0 fully saturated rings. The second-order valence-electron chi connectivity index (χ2n) is 6.49. The van der Waals surface area contributed by atoms with E-state index in [1.165, 1.54) is 57.8 Å². The van der Waals surface area contributed by atoms with Crippen LogP contribution in [0.4, 0.5) is 0 Å². The van der Waals surface area contributed by atoms with Crippen LogP contribution in [0.25, 0.3) is 0 Å². The maximum atomic E-state index is 11.1. The van der Waals surface area contributed by atoms with Gasteiger partial charge in [0, 0.05) is 5.57 Å². The van der Waals surface area contributed by atoms with Crippen LogP contribution in [-0.4, -0.2) is 12.6 Å². The number of unbranched alkanes of at least 4 members (excludes halogenated alkanes) is 9. The molecular formula is C20H39O2. The Labute approximate surface area is 139 Å². The Hall–Kier alpha value is -0.790. The highest BCUT2D eigenvalue weighted by atomic mass is 16.5. The molecule has 0 N–H and O–H groups in total. The first-order valence-electron chi connectivity index (χ1n) is 9.07. The fourth-order valence-corrected chi connectivity index (χ4v) is 1.88. The predicted octanol–water partition coefficient (Wildman–Crippen LogP) is 6.50. The molecule has 0 amide bonds. The molecule has 0 spiro atoms. The van der Waals surface area contributed by atoms with Crippen molar-refractivity contribution >= 4 is 5.97 Å². The van der Waals surface area contributed by atoms with E-state index in [1.54, 1.807) is 6.92 Å². The smallest absolute Gasteiger partial charge is 0.333 e. The molecule has 2 heteroatoms. The van der Waals surface area contributed by atoms with E-state index in [2.05, 4.69) is 34.3 Å². The largest absolute Gasteiger partial charge is 0.462 e. The van der Waals surface area contributed by atoms with Crippen LogP contribution in [0.5, 0.6) is 0 Å². The first-order chi connectivity index (χ1) is 10.4. The lowest BCUT2D eigenvalue weighted by atomic mass is 10.1. The van der Waals surface area contributed by atoms with Crippen LogP contribution in [-0.2, 0) is 9.53 Å². The van der Waals surface area contributed by atoms with Gasteiger partial charge in [-0.2, -0.15) is 0 Å². The topological polar surface area (TPSA) is 26.3 Å². The second-order valence-corrected chi connectivity index (χ2v) is 6.49. The highest BCUT2D eigenvalue weighted by Gasteiger charge is 2.01. The summed E-state index contributed by atoms with van der Waals surface area (Å²) < 4.78 is 5.04. The normalized spacial score (nSPS) is 10.1. The lowest BCUT2D eigenvalue weighted by molar-refractivity contribution is -0.139. The average Bonchev–Trinajstić information content (AvgIpc) is 2.43. The Bertz CT molecular complexity index is 254. The minimum Gasteiger partial charge on any atom is -0.462 e. The number of ether oxygens (including phenoxy) is 1. The molecular weight excluding hydrogens is 272 g/mol. The van der Waals surface area contributed by atoms with Crippen molar-refractivity contribution < 1.29 is 9.53 Å². The van der Waals surface area contributed by atoms with Crippen LogP contribution >= 0.6 is 0 Å². The summed E-state index contributed by atoms with van der Waals surface area (Å²) in [6.07, 6.45) is 13.0. The minimum atomic E-state index is -0.258. The van der Waals surface area contributed by atoms with Crippen molar-refractivity contribution in [1.82, 2.24) is 0 Å². The fourth-order valence-electron chi connectivity index (χ4n) is 1.88. The zero-order valence-corrected chi connectivity index (χ0v) is 15.6. The van der Waals surface area contributed by atoms with Crippen LogP contribution in [0.1, 0.15) is 91.9 Å². The third kappa shape index (κ3) is 24.2. The van der Waals surface area contributed by atoms with Crippen molar-refractivity contribution in [1.29, 1.82) is 0 Å². The number of esters is 1. The Morgan fingerprint density at radius 1 is 0.909 bits per heavy atom. The van der Waals surface area contributed by atoms with Gasteiger partial charge in [-0.25, -0.2) is 4.79 Å². The third-order valence-electron chi connectivity index (χ3n) is 3.08. The van der Waals surface area contributed by atoms with E-state index in [4.69, 9.17) is 4.74 Å². The first-order valence-corrected chi connectivity index (χ1v) is 9.07. The Balaban J connectivity index is 0. The molecule has 0 bridgehead atoms. The molecule has 0 unspecified atom stereocenters. The molecule has 0 atom stereocenters. The fraction of sp³-hybridized carbons (Fsp3) is 0.800. The lowest BCUT2D eigenvalue weighted by Crippen LogP contribution is -2.05. The summed E-state index contributed by atoms with van der Waals surface area (Å²) in [6.45, 7) is 15.8. The van der Waals surface area contributed by atoms with Gasteiger partial charge in [-0.1, -0.05) is 92.1 Å². The number of carbonyl (C=O) groups is 1. The van der Waals surface area contributed by atoms with Gasteiger partial charge in [-0.3, -0.25) is 0 Å². The summed E-state index contributed by atoms with van der Waals surface area (Å²) in [5.74, 6) is 0.325. The molecule has 0 aliphatic rings. The van der Waals surface area contributed by atoms with E-state index >= 15 is 0 Å². The van der Waals surface area contributed by atoms with Crippen LogP contribution in [0.2, 0.25) is 0 Å². The van der Waals surface area contributed by atoms with Crippen molar-refractivity contribution in [2.24, 2.45) is 5.92 Å². The van der Waals surface area contributed by atoms with Gasteiger partial charge in [-0.15, -0.1) is 0 Å². The molecule has 0 aromatic rings. The highest BCUT2D eigenvalue weighted by Crippen LogP contribution is 2.10. The molecule has 0 aromatic carbocycles. The van der Waals surface area contributed by atoms with Gasteiger partial charge in [-0.05, 0) is 19.3 Å². The summed E-state index contributed by atoms with van der Waals surface area (Å²) in [5.41, 5.74) is 0.488. The van der Waals surface area contributed by atoms with Crippen molar-refractivity contribution in [2.75, 3.05) is 6.61 Å². The van der Waals surface area contributed by atoms with Crippen LogP contribution in [0.3, 0.4) is 0 Å². The van der Waals surface area contributed by atoms with Crippen molar-refractivity contribution in [2.45, 2.75) is 91.9 Å². The maximum Gasteiger partial charge on any atom is 0.333 e. The summed E-state index contributed by atoms with van der Waals surface area (Å²) in [5, 5.41) is 0. The van der Waals surface area contributed by atoms with Crippen LogP contribution < -0.4 is 0 Å². The zero-order chi connectivity index (χ0) is 17.2. The van der Waals surface area contributed by atoms with E-state index < -0.39 is 0 Å². The number of carbonyl (C=O) groups excluding carboxylic acids is 1. The van der Waals surface area contributed by atoms with E-state index in [0.29, 0.717) is 18.1 Å². The zero-order valence-electron chi connectivity index (χ0n) is 15.6. The van der Waals surface area contributed by atoms with Gasteiger partial charge in [0.25, 0.3) is 0 Å².